The van der Waals surface area contributed by atoms with E-state index in [-0.39, 0.29) is 21.5 Å². The van der Waals surface area contributed by atoms with Crippen molar-refractivity contribution < 1.29 is 13.2 Å². The van der Waals surface area contributed by atoms with Crippen LogP contribution in [0.3, 0.4) is 0 Å². The summed E-state index contributed by atoms with van der Waals surface area (Å²) in [7, 11) is -3.63. The van der Waals surface area contributed by atoms with Gasteiger partial charge in [0.2, 0.25) is 10.0 Å². The highest BCUT2D eigenvalue weighted by molar-refractivity contribution is 7.89. The highest BCUT2D eigenvalue weighted by Gasteiger charge is 2.27. The smallest absolute Gasteiger partial charge is 0.253 e. The Balaban J connectivity index is 1.83. The van der Waals surface area contributed by atoms with Gasteiger partial charge in [0.15, 0.2) is 0 Å². The number of sulfonamides is 1. The molecule has 0 aromatic heterocycles. The maximum atomic E-state index is 12.9. The molecule has 5 nitrogen and oxygen atoms in total. The maximum Gasteiger partial charge on any atom is 0.253 e. The lowest BCUT2D eigenvalue weighted by atomic mass is 10.0. The van der Waals surface area contributed by atoms with Gasteiger partial charge >= 0.3 is 0 Å². The third-order valence-corrected chi connectivity index (χ3v) is 7.74. The molecule has 1 amide bonds. The normalized spacial score (nSPS) is 16.4. The van der Waals surface area contributed by atoms with Crippen molar-refractivity contribution in [2.45, 2.75) is 51.0 Å². The predicted molar refractivity (Wildman–Crippen MR) is 116 cm³/mol. The van der Waals surface area contributed by atoms with Gasteiger partial charge in [0.1, 0.15) is 0 Å². The summed E-state index contributed by atoms with van der Waals surface area (Å²) < 4.78 is 27.4. The van der Waals surface area contributed by atoms with Gasteiger partial charge in [-0.2, -0.15) is 4.31 Å². The molecule has 2 aromatic rings. The molecule has 0 saturated carbocycles. The zero-order valence-corrected chi connectivity index (χ0v) is 18.6. The van der Waals surface area contributed by atoms with Crippen molar-refractivity contribution in [1.82, 2.24) is 9.62 Å². The lowest BCUT2D eigenvalue weighted by Crippen LogP contribution is -2.35. The average molecular weight is 435 g/mol. The number of halogens is 1. The van der Waals surface area contributed by atoms with Crippen molar-refractivity contribution in [3.8, 4) is 0 Å². The highest BCUT2D eigenvalue weighted by atomic mass is 35.5. The molecule has 3 rings (SSSR count). The van der Waals surface area contributed by atoms with Gasteiger partial charge < -0.3 is 5.32 Å². The molecule has 1 fully saturated rings. The number of carbonyl (C=O) groups excluding carboxylic acids is 1. The molecule has 0 spiro atoms. The molecule has 1 unspecified atom stereocenters. The van der Waals surface area contributed by atoms with Crippen LogP contribution in [0.2, 0.25) is 5.02 Å². The molecule has 7 heteroatoms. The van der Waals surface area contributed by atoms with Crippen molar-refractivity contribution in [3.63, 3.8) is 0 Å². The molecule has 1 heterocycles. The summed E-state index contributed by atoms with van der Waals surface area (Å²) in [6.07, 6.45) is 2.75. The molecule has 1 saturated heterocycles. The number of rotatable bonds is 5. The Morgan fingerprint density at radius 3 is 2.38 bits per heavy atom. The zero-order chi connectivity index (χ0) is 21.2. The summed E-state index contributed by atoms with van der Waals surface area (Å²) in [5.41, 5.74) is 3.48. The average Bonchev–Trinajstić information content (AvgIpc) is 2.70. The fraction of sp³-hybridized carbons (Fsp3) is 0.409. The van der Waals surface area contributed by atoms with E-state index >= 15 is 0 Å². The van der Waals surface area contributed by atoms with E-state index in [4.69, 9.17) is 11.6 Å². The Bertz CT molecular complexity index is 1010. The first-order valence-corrected chi connectivity index (χ1v) is 11.7. The van der Waals surface area contributed by atoms with Gasteiger partial charge in [-0.3, -0.25) is 4.79 Å². The summed E-state index contributed by atoms with van der Waals surface area (Å²) in [5, 5.41) is 3.16. The summed E-state index contributed by atoms with van der Waals surface area (Å²) in [5.74, 6) is -0.392. The molecule has 0 radical (unpaired) electrons. The van der Waals surface area contributed by atoms with Crippen LogP contribution in [0.25, 0.3) is 0 Å². The molecular weight excluding hydrogens is 408 g/mol. The van der Waals surface area contributed by atoms with Gasteiger partial charge in [0, 0.05) is 13.1 Å². The van der Waals surface area contributed by atoms with Crippen LogP contribution < -0.4 is 5.32 Å². The lowest BCUT2D eigenvalue weighted by molar-refractivity contribution is 0.0940. The molecule has 1 aliphatic heterocycles. The quantitative estimate of drug-likeness (QED) is 0.746. The van der Waals surface area contributed by atoms with Crippen LogP contribution in [0, 0.1) is 13.8 Å². The van der Waals surface area contributed by atoms with Crippen LogP contribution in [0.5, 0.6) is 0 Å². The SMILES string of the molecule is Cc1ccc(C(C)NC(=O)c2cc(S(=O)(=O)N3CCCCC3)ccc2Cl)cc1C. The summed E-state index contributed by atoms with van der Waals surface area (Å²) >= 11 is 6.23. The van der Waals surface area contributed by atoms with Gasteiger partial charge in [-0.25, -0.2) is 8.42 Å². The van der Waals surface area contributed by atoms with Gasteiger partial charge in [-0.15, -0.1) is 0 Å². The Morgan fingerprint density at radius 1 is 1.03 bits per heavy atom. The predicted octanol–water partition coefficient (Wildman–Crippen LogP) is 4.62. The molecule has 156 valence electrons. The first-order valence-electron chi connectivity index (χ1n) is 9.88. The standard InChI is InChI=1S/C22H27ClN2O3S/c1-15-7-8-18(13-16(15)2)17(3)24-22(26)20-14-19(9-10-21(20)23)29(27,28)25-11-5-4-6-12-25/h7-10,13-14,17H,4-6,11-12H2,1-3H3,(H,24,26). The number of amides is 1. The number of hydrogen-bond acceptors (Lipinski definition) is 3. The Hall–Kier alpha value is -1.89. The topological polar surface area (TPSA) is 66.5 Å². The van der Waals surface area contributed by atoms with E-state index in [9.17, 15) is 13.2 Å². The van der Waals surface area contributed by atoms with E-state index in [1.807, 2.05) is 39.0 Å². The van der Waals surface area contributed by atoms with Crippen molar-refractivity contribution in [2.24, 2.45) is 0 Å². The van der Waals surface area contributed by atoms with E-state index < -0.39 is 15.9 Å². The summed E-state index contributed by atoms with van der Waals surface area (Å²) in [6, 6.07) is 10.1. The number of nitrogens with one attached hydrogen (secondary N) is 1. The molecule has 1 N–H and O–H groups in total. The second-order valence-electron chi connectivity index (χ2n) is 7.65. The fourth-order valence-corrected chi connectivity index (χ4v) is 5.23. The van der Waals surface area contributed by atoms with Crippen molar-refractivity contribution in [3.05, 3.63) is 63.7 Å². The molecule has 29 heavy (non-hydrogen) atoms. The zero-order valence-electron chi connectivity index (χ0n) is 17.0. The molecule has 0 aliphatic carbocycles. The van der Waals surface area contributed by atoms with Gasteiger partial charge in [0.25, 0.3) is 5.91 Å². The van der Waals surface area contributed by atoms with E-state index in [0.29, 0.717) is 13.1 Å². The van der Waals surface area contributed by atoms with Crippen molar-refractivity contribution in [1.29, 1.82) is 0 Å². The number of hydrogen-bond donors (Lipinski definition) is 1. The van der Waals surface area contributed by atoms with Gasteiger partial charge in [-0.1, -0.05) is 36.2 Å². The van der Waals surface area contributed by atoms with E-state index in [1.54, 1.807) is 0 Å². The van der Waals surface area contributed by atoms with Crippen LogP contribution in [-0.4, -0.2) is 31.7 Å². The Kier molecular flexibility index (Phi) is 6.66. The molecular formula is C22H27ClN2O3S. The van der Waals surface area contributed by atoms with Crippen molar-refractivity contribution in [2.75, 3.05) is 13.1 Å². The second-order valence-corrected chi connectivity index (χ2v) is 9.99. The van der Waals surface area contributed by atoms with E-state index in [2.05, 4.69) is 5.32 Å². The Morgan fingerprint density at radius 2 is 1.72 bits per heavy atom. The monoisotopic (exact) mass is 434 g/mol. The number of benzene rings is 2. The maximum absolute atomic E-state index is 12.9. The first kappa shape index (κ1) is 21.8. The van der Waals surface area contributed by atoms with Gasteiger partial charge in [-0.05, 0) is 68.5 Å². The minimum Gasteiger partial charge on any atom is -0.345 e. The second kappa shape index (κ2) is 8.86. The van der Waals surface area contributed by atoms with Crippen LogP contribution in [0.4, 0.5) is 0 Å². The van der Waals surface area contributed by atoms with Crippen molar-refractivity contribution >= 4 is 27.5 Å². The van der Waals surface area contributed by atoms with Crippen LogP contribution in [-0.2, 0) is 10.0 Å². The van der Waals surface area contributed by atoms with E-state index in [1.165, 1.54) is 28.1 Å². The lowest BCUT2D eigenvalue weighted by Gasteiger charge is -2.26. The number of nitrogens with zero attached hydrogens (tertiary/aromatic N) is 1. The van der Waals surface area contributed by atoms with Gasteiger partial charge in [0.05, 0.1) is 21.5 Å². The van der Waals surface area contributed by atoms with E-state index in [0.717, 1.165) is 30.4 Å². The number of aryl methyl sites for hydroxylation is 2. The first-order chi connectivity index (χ1) is 13.7. The number of piperidine rings is 1. The summed E-state index contributed by atoms with van der Waals surface area (Å²) in [6.45, 7) is 6.98. The minimum atomic E-state index is -3.63. The largest absolute Gasteiger partial charge is 0.345 e. The fourth-order valence-electron chi connectivity index (χ4n) is 3.48. The van der Waals surface area contributed by atoms with Crippen LogP contribution in [0.15, 0.2) is 41.3 Å². The third kappa shape index (κ3) is 4.82. The number of carbonyl (C=O) groups is 1. The van der Waals surface area contributed by atoms with Crippen LogP contribution >= 0.6 is 11.6 Å². The Labute approximate surface area is 178 Å². The minimum absolute atomic E-state index is 0.104. The van der Waals surface area contributed by atoms with Crippen LogP contribution in [0.1, 0.15) is 59.3 Å². The molecule has 2 aromatic carbocycles. The molecule has 1 aliphatic rings. The molecule has 1 atom stereocenters. The highest BCUT2D eigenvalue weighted by Crippen LogP contribution is 2.26. The third-order valence-electron chi connectivity index (χ3n) is 5.51. The molecule has 0 bridgehead atoms. The summed E-state index contributed by atoms with van der Waals surface area (Å²) in [4.78, 5) is 13.0.